The van der Waals surface area contributed by atoms with Crippen LogP contribution in [-0.4, -0.2) is 16.1 Å². The summed E-state index contributed by atoms with van der Waals surface area (Å²) in [5.74, 6) is 2.45. The predicted octanol–water partition coefficient (Wildman–Crippen LogP) is 5.01. The lowest BCUT2D eigenvalue weighted by Gasteiger charge is -2.55. The molecule has 4 aliphatic rings. The molecule has 1 aromatic heterocycles. The van der Waals surface area contributed by atoms with Gasteiger partial charge in [0.25, 0.3) is 0 Å². The van der Waals surface area contributed by atoms with Crippen molar-refractivity contribution in [2.75, 3.05) is 5.32 Å². The first-order valence-corrected chi connectivity index (χ1v) is 10.2. The molecule has 4 aliphatic carbocycles. The van der Waals surface area contributed by atoms with E-state index in [9.17, 15) is 4.79 Å². The number of nitrogens with zero attached hydrogens (tertiary/aromatic N) is 2. The Bertz CT molecular complexity index is 781. The SMILES string of the molecule is O=C(Nc1nnc(-c2ccc(Cl)cc2)s1)C12CC3CC(CC(C3)C1)C2. The molecule has 1 amide bonds. The van der Waals surface area contributed by atoms with Gasteiger partial charge in [-0.25, -0.2) is 0 Å². The van der Waals surface area contributed by atoms with Crippen LogP contribution in [-0.2, 0) is 4.79 Å². The number of amides is 1. The zero-order valence-electron chi connectivity index (χ0n) is 13.9. The summed E-state index contributed by atoms with van der Waals surface area (Å²) in [6, 6.07) is 7.53. The number of benzene rings is 1. The number of carbonyl (C=O) groups excluding carboxylic acids is 1. The largest absolute Gasteiger partial charge is 0.300 e. The van der Waals surface area contributed by atoms with Crippen LogP contribution >= 0.6 is 22.9 Å². The Hall–Kier alpha value is -1.46. The van der Waals surface area contributed by atoms with Crippen LogP contribution in [0.3, 0.4) is 0 Å². The van der Waals surface area contributed by atoms with E-state index in [0.717, 1.165) is 47.6 Å². The fraction of sp³-hybridized carbons (Fsp3) is 0.526. The summed E-state index contributed by atoms with van der Waals surface area (Å²) in [5, 5.41) is 13.6. The van der Waals surface area contributed by atoms with E-state index in [-0.39, 0.29) is 11.3 Å². The molecule has 0 saturated heterocycles. The van der Waals surface area contributed by atoms with E-state index < -0.39 is 0 Å². The molecule has 4 nitrogen and oxygen atoms in total. The molecule has 0 aliphatic heterocycles. The van der Waals surface area contributed by atoms with Crippen molar-refractivity contribution >= 4 is 34.0 Å². The molecule has 25 heavy (non-hydrogen) atoms. The first-order valence-electron chi connectivity index (χ1n) is 9.00. The normalized spacial score (nSPS) is 32.8. The first-order chi connectivity index (χ1) is 12.1. The highest BCUT2D eigenvalue weighted by Crippen LogP contribution is 2.60. The number of hydrogen-bond donors (Lipinski definition) is 1. The van der Waals surface area contributed by atoms with E-state index in [1.54, 1.807) is 0 Å². The van der Waals surface area contributed by atoms with Crippen molar-refractivity contribution in [2.45, 2.75) is 38.5 Å². The van der Waals surface area contributed by atoms with Gasteiger partial charge in [-0.2, -0.15) is 0 Å². The Morgan fingerprint density at radius 3 is 2.24 bits per heavy atom. The van der Waals surface area contributed by atoms with Crippen molar-refractivity contribution in [2.24, 2.45) is 23.2 Å². The van der Waals surface area contributed by atoms with E-state index in [1.165, 1.54) is 30.6 Å². The Labute approximate surface area is 156 Å². The number of aromatic nitrogens is 2. The zero-order valence-corrected chi connectivity index (χ0v) is 15.4. The molecule has 4 bridgehead atoms. The van der Waals surface area contributed by atoms with Crippen molar-refractivity contribution in [1.82, 2.24) is 10.2 Å². The van der Waals surface area contributed by atoms with Crippen molar-refractivity contribution < 1.29 is 4.79 Å². The average molecular weight is 374 g/mol. The molecular formula is C19H20ClN3OS. The van der Waals surface area contributed by atoms with E-state index in [0.29, 0.717) is 10.2 Å². The monoisotopic (exact) mass is 373 g/mol. The number of hydrogen-bond acceptors (Lipinski definition) is 4. The molecule has 4 saturated carbocycles. The van der Waals surface area contributed by atoms with Crippen molar-refractivity contribution in [1.29, 1.82) is 0 Å². The maximum atomic E-state index is 13.1. The fourth-order valence-corrected chi connectivity index (χ4v) is 6.47. The minimum Gasteiger partial charge on any atom is -0.300 e. The second-order valence-electron chi connectivity index (χ2n) is 8.07. The van der Waals surface area contributed by atoms with Crippen molar-refractivity contribution in [3.63, 3.8) is 0 Å². The molecule has 4 fully saturated rings. The number of nitrogens with one attached hydrogen (secondary N) is 1. The molecule has 6 rings (SSSR count). The Morgan fingerprint density at radius 2 is 1.64 bits per heavy atom. The highest BCUT2D eigenvalue weighted by atomic mass is 35.5. The summed E-state index contributed by atoms with van der Waals surface area (Å²) in [5.41, 5.74) is 0.818. The van der Waals surface area contributed by atoms with Crippen LogP contribution in [0.5, 0.6) is 0 Å². The fourth-order valence-electron chi connectivity index (χ4n) is 5.60. The van der Waals surface area contributed by atoms with Gasteiger partial charge in [0.2, 0.25) is 11.0 Å². The van der Waals surface area contributed by atoms with E-state index in [2.05, 4.69) is 15.5 Å². The van der Waals surface area contributed by atoms with Crippen molar-refractivity contribution in [3.05, 3.63) is 29.3 Å². The van der Waals surface area contributed by atoms with Crippen LogP contribution in [0.15, 0.2) is 24.3 Å². The van der Waals surface area contributed by atoms with Gasteiger partial charge in [-0.15, -0.1) is 10.2 Å². The first kappa shape index (κ1) is 15.8. The molecule has 1 aromatic carbocycles. The van der Waals surface area contributed by atoms with Gasteiger partial charge < -0.3 is 5.32 Å². The zero-order chi connectivity index (χ0) is 17.0. The maximum Gasteiger partial charge on any atom is 0.232 e. The quantitative estimate of drug-likeness (QED) is 0.822. The van der Waals surface area contributed by atoms with Gasteiger partial charge in [0, 0.05) is 10.6 Å². The third-order valence-corrected chi connectivity index (χ3v) is 7.40. The van der Waals surface area contributed by atoms with Gasteiger partial charge in [0.05, 0.1) is 5.41 Å². The summed E-state index contributed by atoms with van der Waals surface area (Å²) in [4.78, 5) is 13.1. The molecule has 1 N–H and O–H groups in total. The van der Waals surface area contributed by atoms with E-state index in [1.807, 2.05) is 24.3 Å². The van der Waals surface area contributed by atoms with Gasteiger partial charge in [-0.1, -0.05) is 35.1 Å². The second kappa shape index (κ2) is 5.78. The van der Waals surface area contributed by atoms with E-state index >= 15 is 0 Å². The smallest absolute Gasteiger partial charge is 0.232 e. The van der Waals surface area contributed by atoms with Crippen LogP contribution < -0.4 is 5.32 Å². The highest BCUT2D eigenvalue weighted by Gasteiger charge is 2.54. The Kier molecular flexibility index (Phi) is 3.64. The minimum absolute atomic E-state index is 0.152. The second-order valence-corrected chi connectivity index (χ2v) is 9.49. The predicted molar refractivity (Wildman–Crippen MR) is 99.6 cm³/mol. The van der Waals surface area contributed by atoms with Crippen LogP contribution in [0, 0.1) is 23.2 Å². The molecule has 0 atom stereocenters. The number of carbonyl (C=O) groups is 1. The van der Waals surface area contributed by atoms with Gasteiger partial charge in [0.15, 0.2) is 0 Å². The third-order valence-electron chi connectivity index (χ3n) is 6.26. The molecule has 1 heterocycles. The molecule has 130 valence electrons. The van der Waals surface area contributed by atoms with Gasteiger partial charge >= 0.3 is 0 Å². The Morgan fingerprint density at radius 1 is 1.04 bits per heavy atom. The topological polar surface area (TPSA) is 54.9 Å². The van der Waals surface area contributed by atoms with E-state index in [4.69, 9.17) is 11.6 Å². The summed E-state index contributed by atoms with van der Waals surface area (Å²) >= 11 is 7.36. The molecule has 0 spiro atoms. The lowest BCUT2D eigenvalue weighted by atomic mass is 9.49. The summed E-state index contributed by atoms with van der Waals surface area (Å²) in [6.07, 6.45) is 7.21. The summed E-state index contributed by atoms with van der Waals surface area (Å²) in [6.45, 7) is 0. The maximum absolute atomic E-state index is 13.1. The van der Waals surface area contributed by atoms with Crippen LogP contribution in [0.25, 0.3) is 10.6 Å². The van der Waals surface area contributed by atoms with Crippen LogP contribution in [0.2, 0.25) is 5.02 Å². The van der Waals surface area contributed by atoms with Gasteiger partial charge in [0.1, 0.15) is 5.01 Å². The molecule has 2 aromatic rings. The lowest BCUT2D eigenvalue weighted by Crippen LogP contribution is -2.51. The molecule has 0 unspecified atom stereocenters. The number of rotatable bonds is 3. The average Bonchev–Trinajstić information content (AvgIpc) is 3.03. The molecular weight excluding hydrogens is 354 g/mol. The molecule has 6 heteroatoms. The summed E-state index contributed by atoms with van der Waals surface area (Å²) in [7, 11) is 0. The minimum atomic E-state index is -0.152. The van der Waals surface area contributed by atoms with Gasteiger partial charge in [-0.3, -0.25) is 4.79 Å². The highest BCUT2D eigenvalue weighted by molar-refractivity contribution is 7.18. The Balaban J connectivity index is 1.34. The van der Waals surface area contributed by atoms with Crippen LogP contribution in [0.4, 0.5) is 5.13 Å². The number of halogens is 1. The third kappa shape index (κ3) is 2.77. The van der Waals surface area contributed by atoms with Crippen LogP contribution in [0.1, 0.15) is 38.5 Å². The lowest BCUT2D eigenvalue weighted by molar-refractivity contribution is -0.140. The number of anilines is 1. The molecule has 0 radical (unpaired) electrons. The summed E-state index contributed by atoms with van der Waals surface area (Å²) < 4.78 is 0. The van der Waals surface area contributed by atoms with Gasteiger partial charge in [-0.05, 0) is 68.4 Å². The van der Waals surface area contributed by atoms with Crippen molar-refractivity contribution in [3.8, 4) is 10.6 Å². The standard InChI is InChI=1S/C19H20ClN3OS/c20-15-3-1-14(2-4-15)16-22-23-18(25-16)21-17(24)19-8-11-5-12(9-19)7-13(6-11)10-19/h1-4,11-13H,5-10H2,(H,21,23,24).